The minimum atomic E-state index is -0.990. The predicted octanol–water partition coefficient (Wildman–Crippen LogP) is 5.59. The van der Waals surface area contributed by atoms with Gasteiger partial charge >= 0.3 is 0 Å². The molecule has 0 bridgehead atoms. The van der Waals surface area contributed by atoms with Crippen molar-refractivity contribution in [3.8, 4) is 0 Å². The maximum atomic E-state index is 13.7. The second-order valence-electron chi connectivity index (χ2n) is 8.21. The standard InChI is InChI=1S/C26H17Cl2N3O3/c27-16-10-12-17(13-11-16)30-25(32)21-22(19-14-15-6-4-5-9-20(15)29-24(19)28)31(34-23(21)26(30)33)18-7-2-1-3-8-18/h1-14,21-23H/t21-,22-,23+/m0/s1. The minimum absolute atomic E-state index is 0.263. The molecule has 0 aliphatic carbocycles. The zero-order valence-electron chi connectivity index (χ0n) is 17.6. The molecule has 6 nitrogen and oxygen atoms in total. The number of hydrogen-bond donors (Lipinski definition) is 0. The summed E-state index contributed by atoms with van der Waals surface area (Å²) >= 11 is 12.7. The van der Waals surface area contributed by atoms with Crippen molar-refractivity contribution in [2.75, 3.05) is 9.96 Å². The van der Waals surface area contributed by atoms with Gasteiger partial charge in [0, 0.05) is 16.0 Å². The SMILES string of the molecule is O=C1[C@@H]2[C@@H](ON(c3ccccc3)[C@H]2c2cc3ccccc3nc2Cl)C(=O)N1c1ccc(Cl)cc1. The van der Waals surface area contributed by atoms with Gasteiger partial charge in [-0.25, -0.2) is 14.9 Å². The lowest BCUT2D eigenvalue weighted by Crippen LogP contribution is -2.37. The Labute approximate surface area is 205 Å². The summed E-state index contributed by atoms with van der Waals surface area (Å²) in [6, 6.07) is 24.8. The Morgan fingerprint density at radius 2 is 1.50 bits per heavy atom. The van der Waals surface area contributed by atoms with Gasteiger partial charge in [-0.05, 0) is 48.5 Å². The second kappa shape index (κ2) is 8.09. The number of anilines is 2. The first-order valence-corrected chi connectivity index (χ1v) is 11.5. The molecule has 2 aliphatic heterocycles. The molecule has 2 fully saturated rings. The molecule has 0 spiro atoms. The molecule has 3 heterocycles. The summed E-state index contributed by atoms with van der Waals surface area (Å²) in [5, 5.41) is 3.27. The van der Waals surface area contributed by atoms with E-state index in [1.807, 2.05) is 60.7 Å². The highest BCUT2D eigenvalue weighted by atomic mass is 35.5. The number of rotatable bonds is 3. The number of nitrogens with zero attached hydrogens (tertiary/aromatic N) is 3. The van der Waals surface area contributed by atoms with Gasteiger partial charge < -0.3 is 0 Å². The largest absolute Gasteiger partial charge is 0.273 e. The van der Waals surface area contributed by atoms with E-state index in [0.717, 1.165) is 10.9 Å². The summed E-state index contributed by atoms with van der Waals surface area (Å²) in [5.41, 5.74) is 2.53. The molecule has 6 rings (SSSR count). The number of imide groups is 1. The van der Waals surface area contributed by atoms with Gasteiger partial charge in [0.25, 0.3) is 5.91 Å². The fourth-order valence-electron chi connectivity index (χ4n) is 4.69. The molecule has 0 radical (unpaired) electrons. The molecule has 2 saturated heterocycles. The first-order chi connectivity index (χ1) is 16.5. The van der Waals surface area contributed by atoms with Crippen molar-refractivity contribution >= 4 is 57.3 Å². The van der Waals surface area contributed by atoms with E-state index in [4.69, 9.17) is 28.0 Å². The lowest BCUT2D eigenvalue weighted by Gasteiger charge is -2.29. The van der Waals surface area contributed by atoms with E-state index < -0.39 is 24.0 Å². The second-order valence-corrected chi connectivity index (χ2v) is 9.00. The lowest BCUT2D eigenvalue weighted by atomic mass is 9.90. The Morgan fingerprint density at radius 1 is 0.794 bits per heavy atom. The Balaban J connectivity index is 1.49. The summed E-state index contributed by atoms with van der Waals surface area (Å²) < 4.78 is 0. The smallest absolute Gasteiger partial charge is 0.266 e. The Kier molecular flexibility index (Phi) is 5.03. The monoisotopic (exact) mass is 489 g/mol. The molecule has 168 valence electrons. The van der Waals surface area contributed by atoms with Crippen LogP contribution < -0.4 is 9.96 Å². The van der Waals surface area contributed by atoms with Crippen LogP contribution in [0.2, 0.25) is 10.2 Å². The molecule has 0 N–H and O–H groups in total. The minimum Gasteiger partial charge on any atom is -0.273 e. The summed E-state index contributed by atoms with van der Waals surface area (Å²) in [7, 11) is 0. The summed E-state index contributed by atoms with van der Waals surface area (Å²) in [4.78, 5) is 39.0. The van der Waals surface area contributed by atoms with E-state index in [-0.39, 0.29) is 11.1 Å². The van der Waals surface area contributed by atoms with Crippen LogP contribution in [0.15, 0.2) is 84.9 Å². The van der Waals surface area contributed by atoms with Crippen molar-refractivity contribution in [1.82, 2.24) is 4.98 Å². The van der Waals surface area contributed by atoms with E-state index in [0.29, 0.717) is 22.0 Å². The van der Waals surface area contributed by atoms with E-state index in [2.05, 4.69) is 4.98 Å². The molecule has 1 aromatic heterocycles. The van der Waals surface area contributed by atoms with E-state index in [1.165, 1.54) is 4.90 Å². The van der Waals surface area contributed by atoms with Gasteiger partial charge in [-0.1, -0.05) is 59.6 Å². The molecule has 4 aromatic rings. The number of carbonyl (C=O) groups is 2. The highest BCUT2D eigenvalue weighted by Gasteiger charge is 2.60. The molecule has 2 aliphatic rings. The number of hydroxylamine groups is 1. The van der Waals surface area contributed by atoms with Crippen LogP contribution in [-0.2, 0) is 14.4 Å². The van der Waals surface area contributed by atoms with E-state index in [1.54, 1.807) is 29.3 Å². The third-order valence-electron chi connectivity index (χ3n) is 6.23. The summed E-state index contributed by atoms with van der Waals surface area (Å²) in [6.07, 6.45) is -0.990. The fourth-order valence-corrected chi connectivity index (χ4v) is 5.07. The van der Waals surface area contributed by atoms with E-state index in [9.17, 15) is 9.59 Å². The van der Waals surface area contributed by atoms with Crippen LogP contribution >= 0.6 is 23.2 Å². The lowest BCUT2D eigenvalue weighted by molar-refractivity contribution is -0.126. The Bertz CT molecular complexity index is 1430. The Hall–Kier alpha value is -3.45. The molecule has 8 heteroatoms. The van der Waals surface area contributed by atoms with Crippen molar-refractivity contribution in [3.63, 3.8) is 0 Å². The molecule has 3 aromatic carbocycles. The zero-order valence-corrected chi connectivity index (χ0v) is 19.1. The van der Waals surface area contributed by atoms with Gasteiger partial charge in [0.1, 0.15) is 11.1 Å². The van der Waals surface area contributed by atoms with Gasteiger partial charge in [-0.15, -0.1) is 0 Å². The fraction of sp³-hybridized carbons (Fsp3) is 0.115. The maximum absolute atomic E-state index is 13.7. The third-order valence-corrected chi connectivity index (χ3v) is 6.79. The van der Waals surface area contributed by atoms with Crippen LogP contribution in [0.5, 0.6) is 0 Å². The van der Waals surface area contributed by atoms with Gasteiger partial charge in [-0.2, -0.15) is 0 Å². The molecular weight excluding hydrogens is 473 g/mol. The summed E-state index contributed by atoms with van der Waals surface area (Å²) in [6.45, 7) is 0. The quantitative estimate of drug-likeness (QED) is 0.277. The third kappa shape index (κ3) is 3.26. The normalized spacial score (nSPS) is 22.0. The topological polar surface area (TPSA) is 62.7 Å². The molecule has 2 amide bonds. The number of halogens is 2. The number of benzene rings is 3. The van der Waals surface area contributed by atoms with Crippen LogP contribution in [0.25, 0.3) is 10.9 Å². The van der Waals surface area contributed by atoms with Crippen molar-refractivity contribution in [3.05, 3.63) is 101 Å². The summed E-state index contributed by atoms with van der Waals surface area (Å²) in [5.74, 6) is -1.58. The number of amides is 2. The Morgan fingerprint density at radius 3 is 2.26 bits per heavy atom. The molecule has 34 heavy (non-hydrogen) atoms. The number of aromatic nitrogens is 1. The molecule has 3 atom stereocenters. The molecule has 0 unspecified atom stereocenters. The zero-order chi connectivity index (χ0) is 23.4. The molecular formula is C26H17Cl2N3O3. The van der Waals surface area contributed by atoms with Gasteiger partial charge in [0.15, 0.2) is 6.10 Å². The average molecular weight is 490 g/mol. The highest BCUT2D eigenvalue weighted by Crippen LogP contribution is 2.49. The number of para-hydroxylation sites is 2. The number of hydrogen-bond acceptors (Lipinski definition) is 5. The van der Waals surface area contributed by atoms with Crippen molar-refractivity contribution in [2.45, 2.75) is 12.1 Å². The predicted molar refractivity (Wildman–Crippen MR) is 131 cm³/mol. The van der Waals surface area contributed by atoms with Gasteiger partial charge in [-0.3, -0.25) is 14.4 Å². The van der Waals surface area contributed by atoms with Crippen LogP contribution in [0.4, 0.5) is 11.4 Å². The van der Waals surface area contributed by atoms with Crippen LogP contribution in [0.1, 0.15) is 11.6 Å². The number of carbonyl (C=O) groups excluding carboxylic acids is 2. The molecule has 0 saturated carbocycles. The van der Waals surface area contributed by atoms with Crippen molar-refractivity contribution in [2.24, 2.45) is 5.92 Å². The van der Waals surface area contributed by atoms with Gasteiger partial charge in [0.05, 0.1) is 22.9 Å². The number of fused-ring (bicyclic) bond motifs is 2. The first-order valence-electron chi connectivity index (χ1n) is 10.7. The van der Waals surface area contributed by atoms with Crippen LogP contribution in [-0.4, -0.2) is 22.9 Å². The van der Waals surface area contributed by atoms with E-state index >= 15 is 0 Å². The van der Waals surface area contributed by atoms with Crippen molar-refractivity contribution in [1.29, 1.82) is 0 Å². The first kappa shape index (κ1) is 21.1. The highest BCUT2D eigenvalue weighted by molar-refractivity contribution is 6.31. The number of pyridine rings is 1. The van der Waals surface area contributed by atoms with Crippen LogP contribution in [0.3, 0.4) is 0 Å². The van der Waals surface area contributed by atoms with Crippen LogP contribution in [0, 0.1) is 5.92 Å². The average Bonchev–Trinajstić information content (AvgIpc) is 3.36. The van der Waals surface area contributed by atoms with Gasteiger partial charge in [0.2, 0.25) is 5.91 Å². The maximum Gasteiger partial charge on any atom is 0.266 e. The van der Waals surface area contributed by atoms with Crippen molar-refractivity contribution < 1.29 is 14.4 Å².